The number of aromatic nitrogens is 1. The number of carbonyl (C=O) groups excluding carboxylic acids is 2. The van der Waals surface area contributed by atoms with E-state index < -0.39 is 11.9 Å². The number of thiocarbonyl (C=S) groups is 1. The number of aryl methyl sites for hydroxylation is 1. The van der Waals surface area contributed by atoms with Gasteiger partial charge in [-0.1, -0.05) is 17.4 Å². The molecule has 0 saturated heterocycles. The van der Waals surface area contributed by atoms with E-state index in [4.69, 9.17) is 21.7 Å². The predicted octanol–water partition coefficient (Wildman–Crippen LogP) is 2.87. The molecule has 2 rings (SSSR count). The van der Waals surface area contributed by atoms with Crippen molar-refractivity contribution < 1.29 is 24.2 Å². The fourth-order valence-corrected chi connectivity index (χ4v) is 3.21. The summed E-state index contributed by atoms with van der Waals surface area (Å²) in [5.74, 6) is -0.595. The molecule has 8 nitrogen and oxygen atoms in total. The number of nitrogens with zero attached hydrogens (tertiary/aromatic N) is 1. The molecule has 0 fully saturated rings. The number of carbonyl (C=O) groups is 2. The summed E-state index contributed by atoms with van der Waals surface area (Å²) in [4.78, 5) is 28.4. The van der Waals surface area contributed by atoms with E-state index in [1.54, 1.807) is 32.1 Å². The Morgan fingerprint density at radius 3 is 2.82 bits per heavy atom. The van der Waals surface area contributed by atoms with E-state index in [0.29, 0.717) is 27.0 Å². The summed E-state index contributed by atoms with van der Waals surface area (Å²) < 4.78 is 9.97. The summed E-state index contributed by atoms with van der Waals surface area (Å²) in [7, 11) is 1.44. The fraction of sp³-hybridized carbons (Fsp3) is 0.222. The maximum atomic E-state index is 12.0. The molecular formula is C18H19N3O5S2. The van der Waals surface area contributed by atoms with Crippen molar-refractivity contribution in [2.24, 2.45) is 0 Å². The third kappa shape index (κ3) is 5.76. The van der Waals surface area contributed by atoms with Crippen LogP contribution in [0.2, 0.25) is 0 Å². The van der Waals surface area contributed by atoms with Crippen LogP contribution in [0.4, 0.5) is 5.13 Å². The highest BCUT2D eigenvalue weighted by Crippen LogP contribution is 2.26. The molecule has 1 heterocycles. The predicted molar refractivity (Wildman–Crippen MR) is 111 cm³/mol. The standard InChI is InChI=1S/C18H19N3O5S2/c1-4-26-16(24)15-10(2)19-18(28-15)21-17(27)20-14(23)8-6-11-5-7-12(22)13(9-11)25-3/h5-9,22H,4H2,1-3H3,(H2,19,20,21,23,27). The lowest BCUT2D eigenvalue weighted by Crippen LogP contribution is -2.32. The van der Waals surface area contributed by atoms with Crippen LogP contribution in [0.1, 0.15) is 27.9 Å². The third-order valence-electron chi connectivity index (χ3n) is 3.35. The van der Waals surface area contributed by atoms with Gasteiger partial charge in [0.1, 0.15) is 4.88 Å². The number of benzene rings is 1. The number of thiazole rings is 1. The number of amides is 1. The van der Waals surface area contributed by atoms with Crippen molar-refractivity contribution in [2.75, 3.05) is 19.0 Å². The van der Waals surface area contributed by atoms with Crippen LogP contribution in [0, 0.1) is 6.92 Å². The van der Waals surface area contributed by atoms with Crippen molar-refractivity contribution >= 4 is 51.8 Å². The topological polar surface area (TPSA) is 110 Å². The third-order valence-corrected chi connectivity index (χ3v) is 4.60. The molecule has 0 saturated carbocycles. The molecule has 0 aliphatic carbocycles. The van der Waals surface area contributed by atoms with Crippen LogP contribution in [0.5, 0.6) is 11.5 Å². The van der Waals surface area contributed by atoms with E-state index in [2.05, 4.69) is 15.6 Å². The molecule has 0 aliphatic rings. The van der Waals surface area contributed by atoms with Gasteiger partial charge in [0.25, 0.3) is 0 Å². The van der Waals surface area contributed by atoms with Gasteiger partial charge in [-0.15, -0.1) is 0 Å². The highest BCUT2D eigenvalue weighted by molar-refractivity contribution is 7.80. The molecule has 28 heavy (non-hydrogen) atoms. The number of phenols is 1. The van der Waals surface area contributed by atoms with Gasteiger partial charge in [0.15, 0.2) is 21.7 Å². The maximum Gasteiger partial charge on any atom is 0.350 e. The first kappa shape index (κ1) is 21.3. The summed E-state index contributed by atoms with van der Waals surface area (Å²) >= 11 is 6.18. The summed E-state index contributed by atoms with van der Waals surface area (Å²) in [5.41, 5.74) is 1.18. The van der Waals surface area contributed by atoms with Crippen molar-refractivity contribution in [1.82, 2.24) is 10.3 Å². The largest absolute Gasteiger partial charge is 0.504 e. The second-order valence-electron chi connectivity index (χ2n) is 5.36. The zero-order valence-corrected chi connectivity index (χ0v) is 17.1. The molecule has 1 aromatic carbocycles. The van der Waals surface area contributed by atoms with Gasteiger partial charge in [0.2, 0.25) is 5.91 Å². The van der Waals surface area contributed by atoms with E-state index in [0.717, 1.165) is 11.3 Å². The lowest BCUT2D eigenvalue weighted by Gasteiger charge is -2.05. The van der Waals surface area contributed by atoms with Crippen LogP contribution < -0.4 is 15.4 Å². The Morgan fingerprint density at radius 2 is 2.14 bits per heavy atom. The number of esters is 1. The minimum absolute atomic E-state index is 0.00964. The molecule has 0 aliphatic heterocycles. The number of rotatable bonds is 6. The molecule has 0 spiro atoms. The Balaban J connectivity index is 1.95. The van der Waals surface area contributed by atoms with Gasteiger partial charge >= 0.3 is 5.97 Å². The number of ether oxygens (including phenoxy) is 2. The lowest BCUT2D eigenvalue weighted by atomic mass is 10.2. The Bertz CT molecular complexity index is 924. The van der Waals surface area contributed by atoms with Crippen LogP contribution in [-0.2, 0) is 9.53 Å². The first-order valence-corrected chi connectivity index (χ1v) is 9.38. The van der Waals surface area contributed by atoms with Gasteiger partial charge in [-0.2, -0.15) is 0 Å². The molecule has 0 atom stereocenters. The normalized spacial score (nSPS) is 10.5. The van der Waals surface area contributed by atoms with Crippen molar-refractivity contribution in [1.29, 1.82) is 0 Å². The van der Waals surface area contributed by atoms with Crippen LogP contribution in [-0.4, -0.2) is 40.8 Å². The smallest absolute Gasteiger partial charge is 0.350 e. The number of aromatic hydroxyl groups is 1. The number of anilines is 1. The first-order chi connectivity index (χ1) is 13.3. The van der Waals surface area contributed by atoms with E-state index in [1.807, 2.05) is 0 Å². The van der Waals surface area contributed by atoms with Crippen molar-refractivity contribution in [3.63, 3.8) is 0 Å². The molecule has 1 amide bonds. The van der Waals surface area contributed by atoms with Crippen molar-refractivity contribution in [2.45, 2.75) is 13.8 Å². The summed E-state index contributed by atoms with van der Waals surface area (Å²) in [5, 5.41) is 15.2. The Hall–Kier alpha value is -2.98. The monoisotopic (exact) mass is 421 g/mol. The van der Waals surface area contributed by atoms with Crippen LogP contribution in [0.15, 0.2) is 24.3 Å². The SMILES string of the molecule is CCOC(=O)c1sc(NC(=S)NC(=O)C=Cc2ccc(O)c(OC)c2)nc1C. The van der Waals surface area contributed by atoms with Gasteiger partial charge in [0.05, 0.1) is 19.4 Å². The number of hydrogen-bond acceptors (Lipinski definition) is 8. The summed E-state index contributed by atoms with van der Waals surface area (Å²) in [6, 6.07) is 4.69. The molecule has 0 bridgehead atoms. The quantitative estimate of drug-likeness (QED) is 0.371. The van der Waals surface area contributed by atoms with Crippen molar-refractivity contribution in [3.05, 3.63) is 40.4 Å². The van der Waals surface area contributed by atoms with E-state index in [1.165, 1.54) is 19.3 Å². The van der Waals surface area contributed by atoms with Crippen molar-refractivity contribution in [3.8, 4) is 11.5 Å². The molecule has 10 heteroatoms. The zero-order chi connectivity index (χ0) is 20.7. The van der Waals surface area contributed by atoms with Gasteiger partial charge in [0, 0.05) is 6.08 Å². The van der Waals surface area contributed by atoms with E-state index in [-0.39, 0.29) is 17.5 Å². The van der Waals surface area contributed by atoms with Gasteiger partial charge in [-0.05, 0) is 49.8 Å². The maximum absolute atomic E-state index is 12.0. The molecule has 1 aromatic heterocycles. The Kier molecular flexibility index (Phi) is 7.47. The Labute approximate surface area is 171 Å². The number of nitrogens with one attached hydrogen (secondary N) is 2. The van der Waals surface area contributed by atoms with Crippen LogP contribution in [0.3, 0.4) is 0 Å². The number of phenolic OH excluding ortho intramolecular Hbond substituents is 1. The zero-order valence-electron chi connectivity index (χ0n) is 15.4. The first-order valence-electron chi connectivity index (χ1n) is 8.15. The molecule has 0 unspecified atom stereocenters. The average molecular weight is 422 g/mol. The minimum Gasteiger partial charge on any atom is -0.504 e. The molecule has 3 N–H and O–H groups in total. The second kappa shape index (κ2) is 9.81. The lowest BCUT2D eigenvalue weighted by molar-refractivity contribution is -0.115. The highest BCUT2D eigenvalue weighted by Gasteiger charge is 2.17. The van der Waals surface area contributed by atoms with E-state index in [9.17, 15) is 14.7 Å². The molecule has 0 radical (unpaired) electrons. The minimum atomic E-state index is -0.455. The average Bonchev–Trinajstić information content (AvgIpc) is 3.01. The Morgan fingerprint density at radius 1 is 1.39 bits per heavy atom. The van der Waals surface area contributed by atoms with Gasteiger partial charge in [-0.25, -0.2) is 9.78 Å². The fourth-order valence-electron chi connectivity index (χ4n) is 2.09. The van der Waals surface area contributed by atoms with Gasteiger partial charge in [-0.3, -0.25) is 10.1 Å². The summed E-state index contributed by atoms with van der Waals surface area (Å²) in [6.45, 7) is 3.68. The molecule has 2 aromatic rings. The van der Waals surface area contributed by atoms with Crippen LogP contribution >= 0.6 is 23.6 Å². The van der Waals surface area contributed by atoms with Gasteiger partial charge < -0.3 is 19.9 Å². The number of hydrogen-bond donors (Lipinski definition) is 3. The molecule has 148 valence electrons. The number of methoxy groups -OCH3 is 1. The second-order valence-corrected chi connectivity index (χ2v) is 6.77. The molecular weight excluding hydrogens is 402 g/mol. The summed E-state index contributed by atoms with van der Waals surface area (Å²) in [6.07, 6.45) is 2.84. The van der Waals surface area contributed by atoms with Crippen LogP contribution in [0.25, 0.3) is 6.08 Å². The van der Waals surface area contributed by atoms with E-state index >= 15 is 0 Å². The highest BCUT2D eigenvalue weighted by atomic mass is 32.1.